The van der Waals surface area contributed by atoms with E-state index in [1.807, 2.05) is 61.5 Å². The van der Waals surface area contributed by atoms with Crippen LogP contribution in [0, 0.1) is 12.7 Å². The number of halogens is 1. The molecule has 0 saturated heterocycles. The van der Waals surface area contributed by atoms with Gasteiger partial charge in [-0.1, -0.05) is 42.5 Å². The van der Waals surface area contributed by atoms with Crippen LogP contribution in [-0.2, 0) is 0 Å². The van der Waals surface area contributed by atoms with Crippen LogP contribution in [0.2, 0.25) is 0 Å². The Hall–Kier alpha value is -3.53. The molecule has 0 fully saturated rings. The molecule has 4 aromatic rings. The van der Waals surface area contributed by atoms with Crippen LogP contribution in [0.25, 0.3) is 23.2 Å². The molecular weight excluding hydrogens is 337 g/mol. The van der Waals surface area contributed by atoms with Crippen molar-refractivity contribution in [1.29, 1.82) is 0 Å². The van der Waals surface area contributed by atoms with Crippen molar-refractivity contribution in [3.05, 3.63) is 95.4 Å². The molecule has 1 heterocycles. The molecule has 0 unspecified atom stereocenters. The SMILES string of the molecule is Cc1cccc(Nc2nc3ccccc3nc2/C=C/c2ccc(F)cc2)c1. The molecule has 27 heavy (non-hydrogen) atoms. The zero-order valence-electron chi connectivity index (χ0n) is 14.9. The minimum Gasteiger partial charge on any atom is -0.338 e. The molecular formula is C23H18FN3. The molecule has 3 aromatic carbocycles. The van der Waals surface area contributed by atoms with Crippen molar-refractivity contribution in [2.75, 3.05) is 5.32 Å². The first-order chi connectivity index (χ1) is 13.2. The van der Waals surface area contributed by atoms with Gasteiger partial charge >= 0.3 is 0 Å². The number of rotatable bonds is 4. The van der Waals surface area contributed by atoms with Crippen molar-refractivity contribution >= 4 is 34.7 Å². The van der Waals surface area contributed by atoms with Gasteiger partial charge in [0.2, 0.25) is 0 Å². The van der Waals surface area contributed by atoms with Crippen molar-refractivity contribution in [3.63, 3.8) is 0 Å². The molecule has 0 aliphatic heterocycles. The number of aromatic nitrogens is 2. The third-order valence-corrected chi connectivity index (χ3v) is 4.18. The zero-order chi connectivity index (χ0) is 18.6. The Bertz CT molecular complexity index is 1120. The van der Waals surface area contributed by atoms with Crippen molar-refractivity contribution < 1.29 is 4.39 Å². The summed E-state index contributed by atoms with van der Waals surface area (Å²) in [7, 11) is 0. The van der Waals surface area contributed by atoms with Crippen molar-refractivity contribution in [2.24, 2.45) is 0 Å². The molecule has 4 rings (SSSR count). The van der Waals surface area contributed by atoms with Gasteiger partial charge in [-0.05, 0) is 60.5 Å². The molecule has 0 bridgehead atoms. The number of fused-ring (bicyclic) bond motifs is 1. The lowest BCUT2D eigenvalue weighted by Gasteiger charge is -2.10. The lowest BCUT2D eigenvalue weighted by atomic mass is 10.2. The molecule has 0 spiro atoms. The van der Waals surface area contributed by atoms with E-state index < -0.39 is 0 Å². The Morgan fingerprint density at radius 3 is 2.30 bits per heavy atom. The fraction of sp³-hybridized carbons (Fsp3) is 0.0435. The van der Waals surface area contributed by atoms with Crippen LogP contribution in [0.5, 0.6) is 0 Å². The summed E-state index contributed by atoms with van der Waals surface area (Å²) in [5, 5.41) is 3.37. The third-order valence-electron chi connectivity index (χ3n) is 4.18. The minimum atomic E-state index is -0.251. The number of nitrogens with zero attached hydrogens (tertiary/aromatic N) is 2. The maximum Gasteiger partial charge on any atom is 0.157 e. The topological polar surface area (TPSA) is 37.8 Å². The largest absolute Gasteiger partial charge is 0.338 e. The average molecular weight is 355 g/mol. The number of benzene rings is 3. The van der Waals surface area contributed by atoms with Crippen LogP contribution in [0.3, 0.4) is 0 Å². The highest BCUT2D eigenvalue weighted by atomic mass is 19.1. The smallest absolute Gasteiger partial charge is 0.157 e. The van der Waals surface area contributed by atoms with E-state index >= 15 is 0 Å². The average Bonchev–Trinajstić information content (AvgIpc) is 2.67. The second kappa shape index (κ2) is 7.38. The minimum absolute atomic E-state index is 0.251. The maximum absolute atomic E-state index is 13.1. The molecule has 0 aliphatic rings. The molecule has 0 radical (unpaired) electrons. The summed E-state index contributed by atoms with van der Waals surface area (Å²) in [4.78, 5) is 9.48. The first kappa shape index (κ1) is 16.9. The molecule has 0 saturated carbocycles. The first-order valence-electron chi connectivity index (χ1n) is 8.71. The van der Waals surface area contributed by atoms with E-state index in [0.29, 0.717) is 5.82 Å². The summed E-state index contributed by atoms with van der Waals surface area (Å²) in [6.45, 7) is 2.05. The summed E-state index contributed by atoms with van der Waals surface area (Å²) >= 11 is 0. The molecule has 1 N–H and O–H groups in total. The van der Waals surface area contributed by atoms with E-state index in [2.05, 4.69) is 11.4 Å². The predicted molar refractivity (Wildman–Crippen MR) is 109 cm³/mol. The van der Waals surface area contributed by atoms with Crippen LogP contribution >= 0.6 is 0 Å². The molecule has 3 nitrogen and oxygen atoms in total. The highest BCUT2D eigenvalue weighted by Gasteiger charge is 2.07. The van der Waals surface area contributed by atoms with Gasteiger partial charge in [0.25, 0.3) is 0 Å². The number of hydrogen-bond acceptors (Lipinski definition) is 3. The normalized spacial score (nSPS) is 11.2. The fourth-order valence-corrected chi connectivity index (χ4v) is 2.83. The zero-order valence-corrected chi connectivity index (χ0v) is 14.9. The van der Waals surface area contributed by atoms with Gasteiger partial charge in [0.15, 0.2) is 5.82 Å². The lowest BCUT2D eigenvalue weighted by Crippen LogP contribution is -2.00. The first-order valence-corrected chi connectivity index (χ1v) is 8.71. The van der Waals surface area contributed by atoms with E-state index in [1.165, 1.54) is 12.1 Å². The van der Waals surface area contributed by atoms with Crippen LogP contribution in [0.1, 0.15) is 16.8 Å². The Kier molecular flexibility index (Phi) is 4.62. The predicted octanol–water partition coefficient (Wildman–Crippen LogP) is 5.99. The summed E-state index contributed by atoms with van der Waals surface area (Å²) in [5.74, 6) is 0.428. The number of hydrogen-bond donors (Lipinski definition) is 1. The lowest BCUT2D eigenvalue weighted by molar-refractivity contribution is 0.628. The van der Waals surface area contributed by atoms with E-state index in [4.69, 9.17) is 9.97 Å². The second-order valence-corrected chi connectivity index (χ2v) is 6.33. The summed E-state index contributed by atoms with van der Waals surface area (Å²) in [6.07, 6.45) is 3.80. The van der Waals surface area contributed by atoms with Crippen molar-refractivity contribution in [2.45, 2.75) is 6.92 Å². The Morgan fingerprint density at radius 1 is 0.815 bits per heavy atom. The Labute approximate surface area is 157 Å². The molecule has 132 valence electrons. The van der Waals surface area contributed by atoms with E-state index in [9.17, 15) is 4.39 Å². The number of para-hydroxylation sites is 2. The van der Waals surface area contributed by atoms with Crippen molar-refractivity contribution in [1.82, 2.24) is 9.97 Å². The van der Waals surface area contributed by atoms with Crippen LogP contribution in [-0.4, -0.2) is 9.97 Å². The van der Waals surface area contributed by atoms with Gasteiger partial charge in [-0.25, -0.2) is 14.4 Å². The number of anilines is 2. The molecule has 4 heteroatoms. The molecule has 0 aliphatic carbocycles. The van der Waals surface area contributed by atoms with E-state index in [1.54, 1.807) is 12.1 Å². The Balaban J connectivity index is 1.75. The molecule has 0 amide bonds. The van der Waals surface area contributed by atoms with E-state index in [0.717, 1.165) is 33.5 Å². The second-order valence-electron chi connectivity index (χ2n) is 6.33. The quantitative estimate of drug-likeness (QED) is 0.488. The van der Waals surface area contributed by atoms with Gasteiger partial charge in [-0.15, -0.1) is 0 Å². The van der Waals surface area contributed by atoms with Gasteiger partial charge in [0.05, 0.1) is 11.0 Å². The monoisotopic (exact) mass is 355 g/mol. The standard InChI is InChI=1S/C23H18FN3/c1-16-5-4-6-19(15-16)25-23-22(14-11-17-9-12-18(24)13-10-17)26-20-7-2-3-8-21(20)27-23/h2-15H,1H3,(H,25,27)/b14-11+. The van der Waals surface area contributed by atoms with Crippen molar-refractivity contribution in [3.8, 4) is 0 Å². The summed E-state index contributed by atoms with van der Waals surface area (Å²) in [5.41, 5.74) is 5.39. The summed E-state index contributed by atoms with van der Waals surface area (Å²) in [6, 6.07) is 22.2. The molecule has 1 aromatic heterocycles. The third kappa shape index (κ3) is 4.01. The van der Waals surface area contributed by atoms with Gasteiger partial charge < -0.3 is 5.32 Å². The highest BCUT2D eigenvalue weighted by molar-refractivity contribution is 5.83. The van der Waals surface area contributed by atoms with Gasteiger partial charge in [-0.2, -0.15) is 0 Å². The van der Waals surface area contributed by atoms with Crippen LogP contribution < -0.4 is 5.32 Å². The number of nitrogens with one attached hydrogen (secondary N) is 1. The van der Waals surface area contributed by atoms with E-state index in [-0.39, 0.29) is 5.82 Å². The maximum atomic E-state index is 13.1. The fourth-order valence-electron chi connectivity index (χ4n) is 2.83. The van der Waals surface area contributed by atoms with Gasteiger partial charge in [0.1, 0.15) is 11.5 Å². The summed E-state index contributed by atoms with van der Waals surface area (Å²) < 4.78 is 13.1. The van der Waals surface area contributed by atoms with Gasteiger partial charge in [0, 0.05) is 5.69 Å². The molecule has 0 atom stereocenters. The van der Waals surface area contributed by atoms with Crippen LogP contribution in [0.15, 0.2) is 72.8 Å². The van der Waals surface area contributed by atoms with Crippen LogP contribution in [0.4, 0.5) is 15.9 Å². The highest BCUT2D eigenvalue weighted by Crippen LogP contribution is 2.23. The number of aryl methyl sites for hydroxylation is 1. The Morgan fingerprint density at radius 2 is 1.56 bits per heavy atom. The van der Waals surface area contributed by atoms with Gasteiger partial charge in [-0.3, -0.25) is 0 Å².